The molecule has 1 aliphatic carbocycles. The van der Waals surface area contributed by atoms with E-state index in [-0.39, 0.29) is 23.9 Å². The Hall–Kier alpha value is -2.08. The van der Waals surface area contributed by atoms with Gasteiger partial charge in [0, 0.05) is 12.2 Å². The number of carbonyl (C=O) groups is 1. The number of aromatic nitrogens is 2. The zero-order chi connectivity index (χ0) is 20.5. The highest BCUT2D eigenvalue weighted by molar-refractivity contribution is 6.00. The second-order valence-corrected chi connectivity index (χ2v) is 7.81. The third-order valence-electron chi connectivity index (χ3n) is 5.37. The summed E-state index contributed by atoms with van der Waals surface area (Å²) in [4.78, 5) is 12.9. The van der Waals surface area contributed by atoms with Crippen LogP contribution in [-0.2, 0) is 6.42 Å². The Bertz CT molecular complexity index is 685. The number of amides is 1. The lowest BCUT2D eigenvalue weighted by Gasteiger charge is -2.26. The number of nitrogens with zero attached hydrogens (tertiary/aromatic N) is 2. The maximum Gasteiger partial charge on any atom is 0.257 e. The maximum atomic E-state index is 12.9. The topological polar surface area (TPSA) is 93.2 Å². The van der Waals surface area contributed by atoms with Crippen LogP contribution in [0.3, 0.4) is 0 Å². The fraction of sp³-hybridized carbons (Fsp3) is 0.636. The van der Waals surface area contributed by atoms with E-state index in [0.29, 0.717) is 5.56 Å². The van der Waals surface area contributed by atoms with Crippen LogP contribution in [0.2, 0.25) is 0 Å². The lowest BCUT2D eigenvalue weighted by atomic mass is 9.93. The zero-order valence-electron chi connectivity index (χ0n) is 17.4. The van der Waals surface area contributed by atoms with Crippen molar-refractivity contribution in [2.75, 3.05) is 5.73 Å². The van der Waals surface area contributed by atoms with Crippen LogP contribution in [0.4, 0.5) is 5.82 Å². The number of unbranched alkanes of at least 4 members (excludes halogenated alkanes) is 2. The Kier molecular flexibility index (Phi) is 8.77. The average molecular weight is 389 g/mol. The normalized spacial score (nSPS) is 19.8. The number of aliphatic hydroxyl groups is 1. The molecule has 0 spiro atoms. The van der Waals surface area contributed by atoms with E-state index in [9.17, 15) is 9.90 Å². The lowest BCUT2D eigenvalue weighted by molar-refractivity contribution is 0.0867. The first-order valence-electron chi connectivity index (χ1n) is 10.7. The molecule has 4 N–H and O–H groups in total. The van der Waals surface area contributed by atoms with Crippen molar-refractivity contribution in [3.05, 3.63) is 29.5 Å². The quantitative estimate of drug-likeness (QED) is 0.527. The summed E-state index contributed by atoms with van der Waals surface area (Å²) in [6.45, 7) is 8.37. The van der Waals surface area contributed by atoms with E-state index in [1.165, 1.54) is 0 Å². The molecule has 0 atom stereocenters. The summed E-state index contributed by atoms with van der Waals surface area (Å²) in [6, 6.07) is 0.0852. The van der Waals surface area contributed by atoms with Gasteiger partial charge in [0.25, 0.3) is 5.91 Å². The minimum absolute atomic E-state index is 0.0852. The third-order valence-corrected chi connectivity index (χ3v) is 5.37. The van der Waals surface area contributed by atoms with Gasteiger partial charge < -0.3 is 16.2 Å². The lowest BCUT2D eigenvalue weighted by Crippen LogP contribution is -2.39. The van der Waals surface area contributed by atoms with Crippen molar-refractivity contribution in [3.8, 4) is 0 Å². The Labute approximate surface area is 168 Å². The Balaban J connectivity index is 2.17. The molecule has 1 heterocycles. The molecule has 2 rings (SSSR count). The van der Waals surface area contributed by atoms with Crippen molar-refractivity contribution in [2.45, 2.75) is 90.2 Å². The molecule has 6 heteroatoms. The van der Waals surface area contributed by atoms with Crippen molar-refractivity contribution in [1.29, 1.82) is 0 Å². The highest BCUT2D eigenvalue weighted by Crippen LogP contribution is 2.23. The van der Waals surface area contributed by atoms with E-state index in [2.05, 4.69) is 30.8 Å². The molecule has 1 fully saturated rings. The summed E-state index contributed by atoms with van der Waals surface area (Å²) in [5.74, 6) is 0.109. The summed E-state index contributed by atoms with van der Waals surface area (Å²) in [5.41, 5.74) is 8.53. The molecule has 0 radical (unpaired) electrons. The molecule has 28 heavy (non-hydrogen) atoms. The molecule has 1 saturated carbocycles. The molecule has 1 amide bonds. The predicted molar refractivity (Wildman–Crippen MR) is 115 cm³/mol. The van der Waals surface area contributed by atoms with E-state index < -0.39 is 0 Å². The van der Waals surface area contributed by atoms with Gasteiger partial charge in [-0.15, -0.1) is 0 Å². The first-order valence-corrected chi connectivity index (χ1v) is 10.7. The van der Waals surface area contributed by atoms with E-state index in [1.807, 2.05) is 12.3 Å². The van der Waals surface area contributed by atoms with Crippen LogP contribution in [0.25, 0.3) is 6.20 Å². The molecule has 0 aliphatic heterocycles. The highest BCUT2D eigenvalue weighted by Gasteiger charge is 2.26. The molecule has 0 unspecified atom stereocenters. The summed E-state index contributed by atoms with van der Waals surface area (Å²) in [6.07, 6.45) is 12.6. The van der Waals surface area contributed by atoms with Gasteiger partial charge in [0.2, 0.25) is 0 Å². The fourth-order valence-electron chi connectivity index (χ4n) is 3.58. The second-order valence-electron chi connectivity index (χ2n) is 7.81. The molecule has 1 aliphatic rings. The third kappa shape index (κ3) is 6.23. The van der Waals surface area contributed by atoms with Crippen LogP contribution >= 0.6 is 0 Å². The van der Waals surface area contributed by atoms with Crippen LogP contribution in [0.5, 0.6) is 0 Å². The molecule has 0 bridgehead atoms. The number of aliphatic hydroxyl groups excluding tert-OH is 1. The monoisotopic (exact) mass is 388 g/mol. The van der Waals surface area contributed by atoms with Crippen LogP contribution in [0, 0.1) is 0 Å². The van der Waals surface area contributed by atoms with Crippen LogP contribution in [-0.4, -0.2) is 32.9 Å². The van der Waals surface area contributed by atoms with Gasteiger partial charge in [0.15, 0.2) is 5.82 Å². The SMILES string of the molecule is C=C(/C=C\n1nc(N)c(C(=O)NC2CCC(O)CC2)c1CCCC)CCCC. The number of nitrogens with two attached hydrogens (primary N) is 1. The molecular formula is C22H36N4O2. The molecular weight excluding hydrogens is 352 g/mol. The Morgan fingerprint density at radius 1 is 1.29 bits per heavy atom. The predicted octanol–water partition coefficient (Wildman–Crippen LogP) is 4.06. The van der Waals surface area contributed by atoms with Crippen molar-refractivity contribution >= 4 is 17.9 Å². The van der Waals surface area contributed by atoms with Gasteiger partial charge in [-0.1, -0.05) is 38.8 Å². The van der Waals surface area contributed by atoms with Gasteiger partial charge in [-0.05, 0) is 57.4 Å². The van der Waals surface area contributed by atoms with Crippen molar-refractivity contribution in [1.82, 2.24) is 15.1 Å². The number of nitrogen functional groups attached to an aromatic ring is 1. The van der Waals surface area contributed by atoms with E-state index >= 15 is 0 Å². The van der Waals surface area contributed by atoms with Gasteiger partial charge in [0.05, 0.1) is 11.8 Å². The molecule has 1 aromatic rings. The van der Waals surface area contributed by atoms with Crippen LogP contribution < -0.4 is 11.1 Å². The van der Waals surface area contributed by atoms with Gasteiger partial charge >= 0.3 is 0 Å². The van der Waals surface area contributed by atoms with Crippen LogP contribution in [0.15, 0.2) is 18.2 Å². The van der Waals surface area contributed by atoms with E-state index in [0.717, 1.165) is 75.5 Å². The minimum atomic E-state index is -0.243. The summed E-state index contributed by atoms with van der Waals surface area (Å²) in [5, 5.41) is 17.2. The minimum Gasteiger partial charge on any atom is -0.393 e. The molecule has 0 aromatic carbocycles. The second kappa shape index (κ2) is 11.1. The van der Waals surface area contributed by atoms with Crippen molar-refractivity contribution in [3.63, 3.8) is 0 Å². The first-order chi connectivity index (χ1) is 13.5. The fourth-order valence-corrected chi connectivity index (χ4v) is 3.58. The molecule has 0 saturated heterocycles. The number of hydrogen-bond acceptors (Lipinski definition) is 4. The standard InChI is InChI=1S/C22H36N4O2/c1-4-6-8-16(3)14-15-26-19(9-7-5-2)20(21(23)25-26)22(28)24-17-10-12-18(27)13-11-17/h14-15,17-18,27H,3-13H2,1-2H3,(H2,23,25)(H,24,28)/b15-14-. The Morgan fingerprint density at radius 3 is 2.61 bits per heavy atom. The molecule has 6 nitrogen and oxygen atoms in total. The van der Waals surface area contributed by atoms with E-state index in [4.69, 9.17) is 5.73 Å². The first kappa shape index (κ1) is 22.2. The number of allylic oxidation sites excluding steroid dienone is 2. The Morgan fingerprint density at radius 2 is 1.96 bits per heavy atom. The van der Waals surface area contributed by atoms with E-state index in [1.54, 1.807) is 4.68 Å². The van der Waals surface area contributed by atoms with Crippen LogP contribution in [0.1, 0.15) is 87.7 Å². The zero-order valence-corrected chi connectivity index (χ0v) is 17.4. The number of nitrogens with one attached hydrogen (secondary N) is 1. The number of anilines is 1. The molecule has 156 valence electrons. The van der Waals surface area contributed by atoms with Crippen molar-refractivity contribution in [2.24, 2.45) is 0 Å². The summed E-state index contributed by atoms with van der Waals surface area (Å²) >= 11 is 0. The smallest absolute Gasteiger partial charge is 0.257 e. The summed E-state index contributed by atoms with van der Waals surface area (Å²) < 4.78 is 1.74. The number of hydrogen-bond donors (Lipinski definition) is 3. The molecule has 1 aromatic heterocycles. The van der Waals surface area contributed by atoms with Gasteiger partial charge in [0.1, 0.15) is 5.56 Å². The summed E-state index contributed by atoms with van der Waals surface area (Å²) in [7, 11) is 0. The van der Waals surface area contributed by atoms with Gasteiger partial charge in [-0.2, -0.15) is 5.10 Å². The van der Waals surface area contributed by atoms with Gasteiger partial charge in [-0.3, -0.25) is 4.79 Å². The maximum absolute atomic E-state index is 12.9. The number of rotatable bonds is 10. The highest BCUT2D eigenvalue weighted by atomic mass is 16.3. The average Bonchev–Trinajstić information content (AvgIpc) is 3.00. The number of carbonyl (C=O) groups excluding carboxylic acids is 1. The van der Waals surface area contributed by atoms with Gasteiger partial charge in [-0.25, -0.2) is 4.68 Å². The van der Waals surface area contributed by atoms with Crippen molar-refractivity contribution < 1.29 is 9.90 Å². The largest absolute Gasteiger partial charge is 0.393 e.